The molecule has 166 valence electrons. The van der Waals surface area contributed by atoms with Gasteiger partial charge in [-0.05, 0) is 60.8 Å². The lowest BCUT2D eigenvalue weighted by Gasteiger charge is -2.37. The highest BCUT2D eigenvalue weighted by atomic mass is 16.5. The maximum absolute atomic E-state index is 12.7. The fourth-order valence-electron chi connectivity index (χ4n) is 4.50. The van der Waals surface area contributed by atoms with Crippen LogP contribution in [0.2, 0.25) is 0 Å². The van der Waals surface area contributed by atoms with E-state index in [1.807, 2.05) is 12.1 Å². The number of amides is 1. The minimum atomic E-state index is -0.328. The maximum atomic E-state index is 12.7. The molecule has 2 heterocycles. The van der Waals surface area contributed by atoms with Crippen LogP contribution < -0.4 is 11.1 Å². The number of nitrogens with two attached hydrogens (primary N) is 1. The standard InChI is InChI=1S/C24H32N4O3/c1-23(2)7-5-16(6-8-23)18-13-17(24(15-29)9-11-31-12-10-24)3-4-19(18)27-22(30)21-26-14-20(25)28-21/h3-5,13-14,29H,6-12,15,25H2,1-2H3,(H,26,28)(H,27,30). The zero-order chi connectivity index (χ0) is 22.1. The summed E-state index contributed by atoms with van der Waals surface area (Å²) < 4.78 is 5.54. The van der Waals surface area contributed by atoms with Gasteiger partial charge in [0.1, 0.15) is 5.82 Å². The second-order valence-electron chi connectivity index (χ2n) is 9.55. The van der Waals surface area contributed by atoms with Crippen LogP contribution in [0.4, 0.5) is 11.5 Å². The Labute approximate surface area is 183 Å². The van der Waals surface area contributed by atoms with E-state index in [2.05, 4.69) is 41.3 Å². The van der Waals surface area contributed by atoms with Crippen LogP contribution in [-0.4, -0.2) is 40.8 Å². The van der Waals surface area contributed by atoms with E-state index in [0.717, 1.165) is 48.9 Å². The first kappa shape index (κ1) is 21.6. The van der Waals surface area contributed by atoms with Crippen LogP contribution in [0, 0.1) is 5.41 Å². The van der Waals surface area contributed by atoms with E-state index in [1.54, 1.807) is 0 Å². The summed E-state index contributed by atoms with van der Waals surface area (Å²) >= 11 is 0. The number of nitrogen functional groups attached to an aromatic ring is 1. The number of nitrogens with zero attached hydrogens (tertiary/aromatic N) is 1. The minimum absolute atomic E-state index is 0.0826. The number of anilines is 2. The molecule has 7 nitrogen and oxygen atoms in total. The molecule has 1 fully saturated rings. The van der Waals surface area contributed by atoms with Crippen molar-refractivity contribution < 1.29 is 14.6 Å². The van der Waals surface area contributed by atoms with Crippen LogP contribution in [0.1, 0.15) is 67.7 Å². The maximum Gasteiger partial charge on any atom is 0.291 e. The lowest BCUT2D eigenvalue weighted by molar-refractivity contribution is 0.0253. The number of aliphatic hydroxyl groups is 1. The molecule has 1 aliphatic carbocycles. The number of aromatic amines is 1. The van der Waals surface area contributed by atoms with Gasteiger partial charge in [-0.25, -0.2) is 4.98 Å². The Morgan fingerprint density at radius 3 is 2.68 bits per heavy atom. The van der Waals surface area contributed by atoms with Crippen molar-refractivity contribution in [1.82, 2.24) is 9.97 Å². The summed E-state index contributed by atoms with van der Waals surface area (Å²) in [6, 6.07) is 6.12. The summed E-state index contributed by atoms with van der Waals surface area (Å²) in [5.41, 5.74) is 9.74. The van der Waals surface area contributed by atoms with Crippen molar-refractivity contribution in [2.24, 2.45) is 5.41 Å². The molecule has 2 aromatic rings. The summed E-state index contributed by atoms with van der Waals surface area (Å²) in [7, 11) is 0. The minimum Gasteiger partial charge on any atom is -0.395 e. The number of carbonyl (C=O) groups is 1. The van der Waals surface area contributed by atoms with Gasteiger partial charge in [0.05, 0.1) is 12.8 Å². The number of allylic oxidation sites excluding steroid dienone is 2. The van der Waals surface area contributed by atoms with Crippen LogP contribution in [0.25, 0.3) is 5.57 Å². The Morgan fingerprint density at radius 1 is 1.29 bits per heavy atom. The first-order valence-corrected chi connectivity index (χ1v) is 11.0. The molecule has 0 bridgehead atoms. The monoisotopic (exact) mass is 424 g/mol. The van der Waals surface area contributed by atoms with Crippen molar-refractivity contribution >= 4 is 23.0 Å². The van der Waals surface area contributed by atoms with Gasteiger partial charge >= 0.3 is 0 Å². The normalized spacial score (nSPS) is 20.2. The molecule has 7 heteroatoms. The molecular formula is C24H32N4O3. The molecule has 1 aromatic carbocycles. The van der Waals surface area contributed by atoms with E-state index in [-0.39, 0.29) is 29.2 Å². The lowest BCUT2D eigenvalue weighted by atomic mass is 9.73. The Hall–Kier alpha value is -2.64. The van der Waals surface area contributed by atoms with E-state index in [1.165, 1.54) is 11.8 Å². The number of nitrogens with one attached hydrogen (secondary N) is 2. The highest BCUT2D eigenvalue weighted by molar-refractivity contribution is 6.03. The molecule has 5 N–H and O–H groups in total. The highest BCUT2D eigenvalue weighted by Gasteiger charge is 2.35. The lowest BCUT2D eigenvalue weighted by Crippen LogP contribution is -2.37. The van der Waals surface area contributed by atoms with Gasteiger partial charge in [-0.2, -0.15) is 0 Å². The third-order valence-electron chi connectivity index (χ3n) is 6.76. The largest absolute Gasteiger partial charge is 0.395 e. The molecule has 0 atom stereocenters. The van der Waals surface area contributed by atoms with Crippen LogP contribution in [0.3, 0.4) is 0 Å². The quantitative estimate of drug-likeness (QED) is 0.582. The van der Waals surface area contributed by atoms with E-state index in [9.17, 15) is 9.90 Å². The van der Waals surface area contributed by atoms with Crippen molar-refractivity contribution in [3.8, 4) is 0 Å². The fraction of sp³-hybridized carbons (Fsp3) is 0.500. The van der Waals surface area contributed by atoms with E-state index in [0.29, 0.717) is 19.0 Å². The highest BCUT2D eigenvalue weighted by Crippen LogP contribution is 2.42. The summed E-state index contributed by atoms with van der Waals surface area (Å²) in [5, 5.41) is 13.3. The van der Waals surface area contributed by atoms with E-state index >= 15 is 0 Å². The molecule has 4 rings (SSSR count). The van der Waals surface area contributed by atoms with Crippen molar-refractivity contribution in [1.29, 1.82) is 0 Å². The molecule has 1 amide bonds. The van der Waals surface area contributed by atoms with Gasteiger partial charge in [0.25, 0.3) is 5.91 Å². The van der Waals surface area contributed by atoms with Gasteiger partial charge in [0.2, 0.25) is 0 Å². The van der Waals surface area contributed by atoms with Gasteiger partial charge in [0.15, 0.2) is 5.82 Å². The Balaban J connectivity index is 1.72. The zero-order valence-electron chi connectivity index (χ0n) is 18.3. The van der Waals surface area contributed by atoms with Crippen molar-refractivity contribution in [3.05, 3.63) is 47.4 Å². The zero-order valence-corrected chi connectivity index (χ0v) is 18.3. The Bertz CT molecular complexity index is 986. The average Bonchev–Trinajstić information content (AvgIpc) is 3.21. The number of carbonyl (C=O) groups excluding carboxylic acids is 1. The topological polar surface area (TPSA) is 113 Å². The molecule has 2 aliphatic rings. The van der Waals surface area contributed by atoms with Crippen LogP contribution in [0.5, 0.6) is 0 Å². The number of aromatic nitrogens is 2. The fourth-order valence-corrected chi connectivity index (χ4v) is 4.50. The molecule has 0 saturated carbocycles. The predicted octanol–water partition coefficient (Wildman–Crippen LogP) is 3.88. The number of hydrogen-bond donors (Lipinski definition) is 4. The van der Waals surface area contributed by atoms with E-state index < -0.39 is 0 Å². The smallest absolute Gasteiger partial charge is 0.291 e. The van der Waals surface area contributed by atoms with Gasteiger partial charge in [0, 0.05) is 29.9 Å². The van der Waals surface area contributed by atoms with Crippen molar-refractivity contribution in [2.45, 2.75) is 51.4 Å². The van der Waals surface area contributed by atoms with Crippen molar-refractivity contribution in [2.75, 3.05) is 30.9 Å². The van der Waals surface area contributed by atoms with E-state index in [4.69, 9.17) is 10.5 Å². The number of benzene rings is 1. The predicted molar refractivity (Wildman–Crippen MR) is 122 cm³/mol. The number of hydrogen-bond acceptors (Lipinski definition) is 5. The molecule has 0 radical (unpaired) electrons. The Morgan fingerprint density at radius 2 is 2.06 bits per heavy atom. The number of rotatable bonds is 5. The number of ether oxygens (including phenoxy) is 1. The second-order valence-corrected chi connectivity index (χ2v) is 9.55. The van der Waals surface area contributed by atoms with Gasteiger partial charge in [-0.15, -0.1) is 0 Å². The third kappa shape index (κ3) is 4.52. The first-order chi connectivity index (χ1) is 14.8. The molecule has 0 unspecified atom stereocenters. The summed E-state index contributed by atoms with van der Waals surface area (Å²) in [6.07, 6.45) is 8.32. The summed E-state index contributed by atoms with van der Waals surface area (Å²) in [6.45, 7) is 5.93. The number of imidazole rings is 1. The van der Waals surface area contributed by atoms with Crippen LogP contribution in [0.15, 0.2) is 30.5 Å². The van der Waals surface area contributed by atoms with Crippen LogP contribution >= 0.6 is 0 Å². The molecule has 1 aromatic heterocycles. The van der Waals surface area contributed by atoms with Gasteiger partial charge in [-0.1, -0.05) is 26.0 Å². The van der Waals surface area contributed by atoms with Crippen LogP contribution in [-0.2, 0) is 10.2 Å². The molecule has 1 aliphatic heterocycles. The summed E-state index contributed by atoms with van der Waals surface area (Å²) in [5.74, 6) is 0.204. The summed E-state index contributed by atoms with van der Waals surface area (Å²) in [4.78, 5) is 19.5. The van der Waals surface area contributed by atoms with Crippen molar-refractivity contribution in [3.63, 3.8) is 0 Å². The van der Waals surface area contributed by atoms with Gasteiger partial charge < -0.3 is 25.9 Å². The first-order valence-electron chi connectivity index (χ1n) is 11.0. The second kappa shape index (κ2) is 8.48. The molecule has 1 saturated heterocycles. The average molecular weight is 425 g/mol. The number of aliphatic hydroxyl groups excluding tert-OH is 1. The number of H-pyrrole nitrogens is 1. The molecule has 31 heavy (non-hydrogen) atoms. The molecule has 0 spiro atoms. The third-order valence-corrected chi connectivity index (χ3v) is 6.76. The SMILES string of the molecule is CC1(C)CC=C(c2cc(C3(CO)CCOCC3)ccc2NC(=O)c2ncc(N)[nH]2)CC1. The molecular weight excluding hydrogens is 392 g/mol. The Kier molecular flexibility index (Phi) is 5.90. The van der Waals surface area contributed by atoms with Gasteiger partial charge in [-0.3, -0.25) is 4.79 Å².